The summed E-state index contributed by atoms with van der Waals surface area (Å²) in [6, 6.07) is 3.92. The first-order valence-electron chi connectivity index (χ1n) is 8.98. The van der Waals surface area contributed by atoms with E-state index in [9.17, 15) is 22.8 Å². The summed E-state index contributed by atoms with van der Waals surface area (Å²) in [7, 11) is 1.65. The van der Waals surface area contributed by atoms with E-state index in [0.717, 1.165) is 17.8 Å². The van der Waals surface area contributed by atoms with E-state index in [0.29, 0.717) is 41.5 Å². The monoisotopic (exact) mass is 424 g/mol. The van der Waals surface area contributed by atoms with Crippen LogP contribution in [-0.4, -0.2) is 31.5 Å². The zero-order valence-corrected chi connectivity index (χ0v) is 17.2. The number of nitrogens with one attached hydrogen (secondary N) is 2. The van der Waals surface area contributed by atoms with E-state index in [2.05, 4.69) is 10.6 Å². The van der Waals surface area contributed by atoms with Crippen LogP contribution in [0.3, 0.4) is 0 Å². The van der Waals surface area contributed by atoms with Crippen molar-refractivity contribution in [2.75, 3.05) is 13.3 Å². The van der Waals surface area contributed by atoms with E-state index in [1.165, 1.54) is 6.07 Å². The van der Waals surface area contributed by atoms with Crippen molar-refractivity contribution >= 4 is 29.5 Å². The molecule has 1 heterocycles. The standard InChI is InChI=1S/C21H23F3N2O2S/c1-13(12-27)4-7-18(25-2)16(11-15-6-9-20(28)26-15)14-5-8-19(29-3)17(10-14)21(22,23)24/h4-5,7-8,10-12,15,25H,6,9H2,1-3H3,(H,26,28)/b13-4-,16-11+,18-7-/t15-/m1/s1. The number of amides is 1. The molecule has 1 aromatic rings. The van der Waals surface area contributed by atoms with Gasteiger partial charge in [-0.3, -0.25) is 9.59 Å². The van der Waals surface area contributed by atoms with Crippen LogP contribution in [0.5, 0.6) is 0 Å². The molecule has 1 aliphatic heterocycles. The second-order valence-corrected chi connectivity index (χ2v) is 7.41. The van der Waals surface area contributed by atoms with Gasteiger partial charge in [-0.2, -0.15) is 13.2 Å². The average molecular weight is 424 g/mol. The molecule has 0 saturated carbocycles. The van der Waals surface area contributed by atoms with Crippen molar-refractivity contribution in [3.05, 3.63) is 58.8 Å². The van der Waals surface area contributed by atoms with Gasteiger partial charge in [0.15, 0.2) is 0 Å². The third-order valence-electron chi connectivity index (χ3n) is 4.47. The summed E-state index contributed by atoms with van der Waals surface area (Å²) in [5.74, 6) is -0.0917. The summed E-state index contributed by atoms with van der Waals surface area (Å²) in [6.45, 7) is 1.63. The highest BCUT2D eigenvalue weighted by Crippen LogP contribution is 2.38. The highest BCUT2D eigenvalue weighted by atomic mass is 32.2. The van der Waals surface area contributed by atoms with Crippen LogP contribution in [-0.2, 0) is 15.8 Å². The number of aldehydes is 1. The molecule has 1 atom stereocenters. The first-order valence-corrected chi connectivity index (χ1v) is 10.2. The number of likely N-dealkylation sites (N-methyl/N-ethyl adjacent to an activating group) is 1. The Bertz CT molecular complexity index is 873. The number of alkyl halides is 3. The summed E-state index contributed by atoms with van der Waals surface area (Å²) >= 11 is 1.03. The SMILES string of the molecule is CNC(=C\C=C(\C)C=O)/C(=C/[C@H]1CCC(=O)N1)c1ccc(SC)c(C(F)(F)F)c1. The van der Waals surface area contributed by atoms with Crippen LogP contribution in [0, 0.1) is 0 Å². The predicted octanol–water partition coefficient (Wildman–Crippen LogP) is 4.34. The Morgan fingerprint density at radius 1 is 1.31 bits per heavy atom. The van der Waals surface area contributed by atoms with E-state index in [-0.39, 0.29) is 16.8 Å². The van der Waals surface area contributed by atoms with Crippen LogP contribution < -0.4 is 10.6 Å². The third kappa shape index (κ3) is 6.00. The highest BCUT2D eigenvalue weighted by Gasteiger charge is 2.34. The number of thioether (sulfide) groups is 1. The van der Waals surface area contributed by atoms with E-state index < -0.39 is 11.7 Å². The lowest BCUT2D eigenvalue weighted by Gasteiger charge is -2.18. The van der Waals surface area contributed by atoms with Gasteiger partial charge in [0.05, 0.1) is 5.56 Å². The molecule has 2 N–H and O–H groups in total. The molecule has 0 unspecified atom stereocenters. The Balaban J connectivity index is 2.63. The third-order valence-corrected chi connectivity index (χ3v) is 5.27. The molecule has 1 saturated heterocycles. The maximum Gasteiger partial charge on any atom is 0.417 e. The summed E-state index contributed by atoms with van der Waals surface area (Å²) < 4.78 is 40.6. The topological polar surface area (TPSA) is 58.2 Å². The molecule has 0 radical (unpaired) electrons. The molecule has 0 aliphatic carbocycles. The van der Waals surface area contributed by atoms with Gasteiger partial charge in [0, 0.05) is 35.7 Å². The number of hydrogen-bond donors (Lipinski definition) is 2. The van der Waals surface area contributed by atoms with Crippen molar-refractivity contribution in [3.8, 4) is 0 Å². The maximum absolute atomic E-state index is 13.5. The van der Waals surface area contributed by atoms with E-state index in [4.69, 9.17) is 0 Å². The summed E-state index contributed by atoms with van der Waals surface area (Å²) in [5.41, 5.74) is 1.19. The molecule has 8 heteroatoms. The minimum Gasteiger partial charge on any atom is -0.388 e. The number of allylic oxidation sites excluding steroid dienone is 4. The van der Waals surface area contributed by atoms with Crippen molar-refractivity contribution in [3.63, 3.8) is 0 Å². The Morgan fingerprint density at radius 2 is 2.03 bits per heavy atom. The Labute approximate surface area is 172 Å². The molecule has 1 fully saturated rings. The van der Waals surface area contributed by atoms with Gasteiger partial charge < -0.3 is 10.6 Å². The fraction of sp³-hybridized carbons (Fsp3) is 0.333. The molecule has 1 aromatic carbocycles. The number of rotatable bonds is 7. The summed E-state index contributed by atoms with van der Waals surface area (Å²) in [5, 5.41) is 5.79. The van der Waals surface area contributed by atoms with Crippen LogP contribution in [0.2, 0.25) is 0 Å². The van der Waals surface area contributed by atoms with Crippen LogP contribution in [0.15, 0.2) is 52.6 Å². The van der Waals surface area contributed by atoms with Crippen LogP contribution in [0.25, 0.3) is 5.57 Å². The lowest BCUT2D eigenvalue weighted by atomic mass is 9.97. The summed E-state index contributed by atoms with van der Waals surface area (Å²) in [6.07, 6.45) is 3.72. The quantitative estimate of drug-likeness (QED) is 0.296. The van der Waals surface area contributed by atoms with E-state index in [1.54, 1.807) is 44.5 Å². The van der Waals surface area contributed by atoms with Gasteiger partial charge in [-0.05, 0) is 48.9 Å². The van der Waals surface area contributed by atoms with Crippen molar-refractivity contribution in [2.45, 2.75) is 36.9 Å². The molecular formula is C21H23F3N2O2S. The number of halogens is 3. The maximum atomic E-state index is 13.5. The minimum absolute atomic E-state index is 0.0917. The molecule has 1 aliphatic rings. The van der Waals surface area contributed by atoms with Crippen molar-refractivity contribution in [2.24, 2.45) is 0 Å². The predicted molar refractivity (Wildman–Crippen MR) is 109 cm³/mol. The smallest absolute Gasteiger partial charge is 0.388 e. The zero-order chi connectivity index (χ0) is 21.6. The molecule has 0 bridgehead atoms. The van der Waals surface area contributed by atoms with Gasteiger partial charge >= 0.3 is 6.18 Å². The van der Waals surface area contributed by atoms with Gasteiger partial charge in [0.1, 0.15) is 6.29 Å². The minimum atomic E-state index is -4.49. The molecule has 2 rings (SSSR count). The van der Waals surface area contributed by atoms with Crippen LogP contribution in [0.4, 0.5) is 13.2 Å². The van der Waals surface area contributed by atoms with Gasteiger partial charge in [0.2, 0.25) is 5.91 Å². The Morgan fingerprint density at radius 3 is 2.55 bits per heavy atom. The van der Waals surface area contributed by atoms with E-state index >= 15 is 0 Å². The lowest BCUT2D eigenvalue weighted by Crippen LogP contribution is -2.24. The molecule has 156 valence electrons. The Hall–Kier alpha value is -2.48. The van der Waals surface area contributed by atoms with Crippen molar-refractivity contribution in [1.29, 1.82) is 0 Å². The fourth-order valence-corrected chi connectivity index (χ4v) is 3.56. The number of hydrogen-bond acceptors (Lipinski definition) is 4. The first kappa shape index (κ1) is 22.8. The normalized spacial score (nSPS) is 18.6. The van der Waals surface area contributed by atoms with Gasteiger partial charge in [-0.25, -0.2) is 0 Å². The molecular weight excluding hydrogens is 401 g/mol. The number of benzene rings is 1. The van der Waals surface area contributed by atoms with Gasteiger partial charge in [-0.1, -0.05) is 18.2 Å². The van der Waals surface area contributed by atoms with Gasteiger partial charge in [-0.15, -0.1) is 11.8 Å². The van der Waals surface area contributed by atoms with Gasteiger partial charge in [0.25, 0.3) is 0 Å². The summed E-state index contributed by atoms with van der Waals surface area (Å²) in [4.78, 5) is 22.6. The van der Waals surface area contributed by atoms with Crippen molar-refractivity contribution < 1.29 is 22.8 Å². The molecule has 29 heavy (non-hydrogen) atoms. The molecule has 1 amide bonds. The zero-order valence-electron chi connectivity index (χ0n) is 16.4. The lowest BCUT2D eigenvalue weighted by molar-refractivity contribution is -0.139. The highest BCUT2D eigenvalue weighted by molar-refractivity contribution is 7.98. The largest absolute Gasteiger partial charge is 0.417 e. The Kier molecular flexibility index (Phi) is 7.73. The molecule has 0 spiro atoms. The average Bonchev–Trinajstić information content (AvgIpc) is 3.10. The second-order valence-electron chi connectivity index (χ2n) is 6.56. The van der Waals surface area contributed by atoms with Crippen LogP contribution in [0.1, 0.15) is 30.9 Å². The second kappa shape index (κ2) is 9.82. The first-order chi connectivity index (χ1) is 13.7. The van der Waals surface area contributed by atoms with Crippen molar-refractivity contribution in [1.82, 2.24) is 10.6 Å². The number of carbonyl (C=O) groups excluding carboxylic acids is 2. The molecule has 0 aromatic heterocycles. The fourth-order valence-electron chi connectivity index (χ4n) is 2.96. The van der Waals surface area contributed by atoms with E-state index in [1.807, 2.05) is 0 Å². The number of carbonyl (C=O) groups is 2. The molecule has 4 nitrogen and oxygen atoms in total. The van der Waals surface area contributed by atoms with Crippen LogP contribution >= 0.6 is 11.8 Å².